The molecule has 0 spiro atoms. The molecule has 13 heteroatoms. The molecule has 0 heterocycles. The molecule has 0 saturated carbocycles. The normalized spacial score (nSPS) is 14.3. The number of hydrogen-bond donors (Lipinski definition) is 3. The Kier molecular flexibility index (Phi) is 6.76. The summed E-state index contributed by atoms with van der Waals surface area (Å²) >= 11 is 0. The predicted molar refractivity (Wildman–Crippen MR) is 61.7 cm³/mol. The smallest absolute Gasteiger partial charge is 0.460 e. The SMILES string of the molecule is CCOC(=O)/C(=C/CC(O)(O)C(F)(F)C(F)(F)C(F)(F)F)NC=O. The van der Waals surface area contributed by atoms with Gasteiger partial charge in [0.05, 0.1) is 6.61 Å². The third-order valence-corrected chi connectivity index (χ3v) is 2.55. The van der Waals surface area contributed by atoms with Gasteiger partial charge in [-0.25, -0.2) is 4.79 Å². The van der Waals surface area contributed by atoms with E-state index in [4.69, 9.17) is 10.2 Å². The summed E-state index contributed by atoms with van der Waals surface area (Å²) in [6, 6.07) is 0. The van der Waals surface area contributed by atoms with Crippen molar-refractivity contribution < 1.29 is 55.3 Å². The van der Waals surface area contributed by atoms with Gasteiger partial charge in [-0.3, -0.25) is 4.79 Å². The third-order valence-electron chi connectivity index (χ3n) is 2.55. The van der Waals surface area contributed by atoms with Gasteiger partial charge in [-0.05, 0) is 13.0 Å². The summed E-state index contributed by atoms with van der Waals surface area (Å²) in [4.78, 5) is 21.5. The van der Waals surface area contributed by atoms with Crippen molar-refractivity contribution in [3.63, 3.8) is 0 Å². The summed E-state index contributed by atoms with van der Waals surface area (Å²) in [5, 5.41) is 19.6. The summed E-state index contributed by atoms with van der Waals surface area (Å²) in [6.07, 6.45) is -8.79. The molecule has 0 rings (SSSR count). The molecule has 0 fully saturated rings. The highest BCUT2D eigenvalue weighted by molar-refractivity contribution is 5.90. The Labute approximate surface area is 129 Å². The number of amides is 1. The lowest BCUT2D eigenvalue weighted by Crippen LogP contribution is -2.64. The van der Waals surface area contributed by atoms with Crippen LogP contribution in [0.1, 0.15) is 13.3 Å². The van der Waals surface area contributed by atoms with Crippen molar-refractivity contribution in [1.82, 2.24) is 5.32 Å². The zero-order valence-electron chi connectivity index (χ0n) is 11.8. The van der Waals surface area contributed by atoms with Crippen LogP contribution in [0.25, 0.3) is 0 Å². The Morgan fingerprint density at radius 3 is 1.96 bits per heavy atom. The van der Waals surface area contributed by atoms with Crippen LogP contribution in [0.2, 0.25) is 0 Å². The number of carbonyl (C=O) groups excluding carboxylic acids is 2. The van der Waals surface area contributed by atoms with E-state index in [-0.39, 0.29) is 19.1 Å². The summed E-state index contributed by atoms with van der Waals surface area (Å²) in [7, 11) is 0. The molecule has 1 amide bonds. The number of halogens is 7. The molecule has 0 saturated heterocycles. The van der Waals surface area contributed by atoms with Gasteiger partial charge in [0.2, 0.25) is 12.2 Å². The number of esters is 1. The van der Waals surface area contributed by atoms with E-state index in [1.54, 1.807) is 5.32 Å². The first-order chi connectivity index (χ1) is 10.7. The van der Waals surface area contributed by atoms with Gasteiger partial charge < -0.3 is 20.3 Å². The van der Waals surface area contributed by atoms with Gasteiger partial charge in [-0.2, -0.15) is 30.7 Å². The van der Waals surface area contributed by atoms with E-state index in [1.165, 1.54) is 6.92 Å². The molecule has 140 valence electrons. The summed E-state index contributed by atoms with van der Waals surface area (Å²) in [5.41, 5.74) is -0.967. The monoisotopic (exact) mass is 371 g/mol. The number of rotatable bonds is 8. The Bertz CT molecular complexity index is 501. The molecule has 0 aromatic carbocycles. The molecule has 0 bridgehead atoms. The fourth-order valence-corrected chi connectivity index (χ4v) is 1.28. The van der Waals surface area contributed by atoms with Crippen LogP contribution in [0.3, 0.4) is 0 Å². The average molecular weight is 371 g/mol. The molecule has 0 atom stereocenters. The van der Waals surface area contributed by atoms with Crippen LogP contribution in [0.5, 0.6) is 0 Å². The first-order valence-corrected chi connectivity index (χ1v) is 6.00. The molecule has 3 N–H and O–H groups in total. The molecule has 0 aromatic heterocycles. The molecule has 0 aliphatic carbocycles. The highest BCUT2D eigenvalue weighted by atomic mass is 19.4. The Morgan fingerprint density at radius 1 is 1.08 bits per heavy atom. The lowest BCUT2D eigenvalue weighted by atomic mass is 9.98. The molecule has 0 unspecified atom stereocenters. The van der Waals surface area contributed by atoms with Crippen molar-refractivity contribution in [1.29, 1.82) is 0 Å². The lowest BCUT2D eigenvalue weighted by Gasteiger charge is -2.36. The van der Waals surface area contributed by atoms with E-state index in [0.29, 0.717) is 0 Å². The van der Waals surface area contributed by atoms with Gasteiger partial charge in [0.15, 0.2) is 0 Å². The standard InChI is InChI=1S/C11H12F7NO5/c1-2-24-7(21)6(19-5-20)3-4-8(22,23)9(12,13)10(14,15)11(16,17)18/h3,5,22-23H,2,4H2,1H3,(H,19,20)/b6-3-. The summed E-state index contributed by atoms with van der Waals surface area (Å²) in [5.74, 6) is -19.4. The minimum atomic E-state index is -6.78. The van der Waals surface area contributed by atoms with E-state index in [1.807, 2.05) is 0 Å². The average Bonchev–Trinajstić information content (AvgIpc) is 2.41. The fourth-order valence-electron chi connectivity index (χ4n) is 1.28. The molecule has 0 aromatic rings. The second kappa shape index (κ2) is 7.34. The molecule has 0 radical (unpaired) electrons. The van der Waals surface area contributed by atoms with Crippen LogP contribution in [0.15, 0.2) is 11.8 Å². The first kappa shape index (κ1) is 22.1. The number of alkyl halides is 7. The van der Waals surface area contributed by atoms with Crippen molar-refractivity contribution in [2.24, 2.45) is 0 Å². The maximum absolute atomic E-state index is 13.3. The van der Waals surface area contributed by atoms with Crippen LogP contribution < -0.4 is 5.32 Å². The Balaban J connectivity index is 5.62. The van der Waals surface area contributed by atoms with Crippen molar-refractivity contribution in [2.75, 3.05) is 6.61 Å². The number of hydrogen-bond acceptors (Lipinski definition) is 5. The largest absolute Gasteiger partial charge is 0.461 e. The molecule has 6 nitrogen and oxygen atoms in total. The van der Waals surface area contributed by atoms with Gasteiger partial charge in [-0.15, -0.1) is 0 Å². The number of ether oxygens (including phenoxy) is 1. The molecule has 0 aliphatic rings. The van der Waals surface area contributed by atoms with Gasteiger partial charge in [0.25, 0.3) is 0 Å². The molecular formula is C11H12F7NO5. The van der Waals surface area contributed by atoms with Crippen LogP contribution in [0.4, 0.5) is 30.7 Å². The van der Waals surface area contributed by atoms with E-state index in [0.717, 1.165) is 0 Å². The van der Waals surface area contributed by atoms with Crippen LogP contribution >= 0.6 is 0 Å². The van der Waals surface area contributed by atoms with Crippen molar-refractivity contribution in [3.05, 3.63) is 11.8 Å². The highest BCUT2D eigenvalue weighted by Crippen LogP contribution is 2.51. The predicted octanol–water partition coefficient (Wildman–Crippen LogP) is 1.08. The quantitative estimate of drug-likeness (QED) is 0.195. The third kappa shape index (κ3) is 4.35. The van der Waals surface area contributed by atoms with Gasteiger partial charge in [0, 0.05) is 6.42 Å². The Hall–Kier alpha value is -1.89. The number of nitrogens with one attached hydrogen (secondary N) is 1. The molecular weight excluding hydrogens is 359 g/mol. The number of aliphatic hydroxyl groups is 2. The van der Waals surface area contributed by atoms with Gasteiger partial charge in [-0.1, -0.05) is 0 Å². The van der Waals surface area contributed by atoms with Crippen molar-refractivity contribution >= 4 is 12.4 Å². The molecule has 0 aliphatic heterocycles. The second-order valence-corrected chi connectivity index (χ2v) is 4.27. The zero-order chi connectivity index (χ0) is 19.4. The molecule has 24 heavy (non-hydrogen) atoms. The van der Waals surface area contributed by atoms with E-state index in [9.17, 15) is 40.3 Å². The highest BCUT2D eigenvalue weighted by Gasteiger charge is 2.79. The zero-order valence-corrected chi connectivity index (χ0v) is 11.8. The minimum Gasteiger partial charge on any atom is -0.461 e. The summed E-state index contributed by atoms with van der Waals surface area (Å²) < 4.78 is 92.4. The van der Waals surface area contributed by atoms with Crippen molar-refractivity contribution in [2.45, 2.75) is 37.2 Å². The lowest BCUT2D eigenvalue weighted by molar-refractivity contribution is -0.421. The van der Waals surface area contributed by atoms with Crippen LogP contribution in [-0.4, -0.2) is 53.0 Å². The van der Waals surface area contributed by atoms with Gasteiger partial charge >= 0.3 is 24.0 Å². The second-order valence-electron chi connectivity index (χ2n) is 4.27. The van der Waals surface area contributed by atoms with Crippen LogP contribution in [0, 0.1) is 0 Å². The fraction of sp³-hybridized carbons (Fsp3) is 0.636. The van der Waals surface area contributed by atoms with E-state index >= 15 is 0 Å². The van der Waals surface area contributed by atoms with E-state index in [2.05, 4.69) is 4.74 Å². The maximum Gasteiger partial charge on any atom is 0.460 e. The van der Waals surface area contributed by atoms with Gasteiger partial charge in [0.1, 0.15) is 5.70 Å². The summed E-state index contributed by atoms with van der Waals surface area (Å²) in [6.45, 7) is 1.04. The number of carbonyl (C=O) groups is 2. The van der Waals surface area contributed by atoms with Crippen molar-refractivity contribution in [3.8, 4) is 0 Å². The topological polar surface area (TPSA) is 95.9 Å². The Morgan fingerprint density at radius 2 is 1.58 bits per heavy atom. The van der Waals surface area contributed by atoms with E-state index < -0.39 is 41.9 Å². The maximum atomic E-state index is 13.3. The van der Waals surface area contributed by atoms with Crippen LogP contribution in [-0.2, 0) is 14.3 Å². The first-order valence-electron chi connectivity index (χ1n) is 6.00. The minimum absolute atomic E-state index is 0.104.